The van der Waals surface area contributed by atoms with E-state index in [2.05, 4.69) is 20.5 Å². The highest BCUT2D eigenvalue weighted by Crippen LogP contribution is 2.33. The second kappa shape index (κ2) is 8.49. The fourth-order valence-corrected chi connectivity index (χ4v) is 2.14. The van der Waals surface area contributed by atoms with E-state index in [1.165, 1.54) is 31.8 Å². The van der Waals surface area contributed by atoms with Gasteiger partial charge in [0.05, 0.1) is 6.61 Å². The van der Waals surface area contributed by atoms with Crippen LogP contribution in [0.5, 0.6) is 0 Å². The summed E-state index contributed by atoms with van der Waals surface area (Å²) < 4.78 is 5.65. The van der Waals surface area contributed by atoms with E-state index in [9.17, 15) is 0 Å². The highest BCUT2D eigenvalue weighted by molar-refractivity contribution is 7.51. The lowest BCUT2D eigenvalue weighted by Gasteiger charge is -2.11. The fraction of sp³-hybridized carbons (Fsp3) is 1.00. The zero-order valence-corrected chi connectivity index (χ0v) is 8.99. The monoisotopic (exact) mass is 176 g/mol. The molecule has 0 aromatic heterocycles. The van der Waals surface area contributed by atoms with Gasteiger partial charge in [0.25, 0.3) is 0 Å². The Bertz CT molecular complexity index is 76.0. The Balaban J connectivity index is 3.02. The molecule has 0 fully saturated rings. The van der Waals surface area contributed by atoms with Crippen molar-refractivity contribution in [3.8, 4) is 0 Å². The second-order valence-electron chi connectivity index (χ2n) is 2.89. The van der Waals surface area contributed by atoms with Crippen molar-refractivity contribution < 1.29 is 4.52 Å². The maximum absolute atomic E-state index is 5.65. The molecule has 0 saturated carbocycles. The van der Waals surface area contributed by atoms with E-state index in [1.807, 2.05) is 0 Å². The average Bonchev–Trinajstić information content (AvgIpc) is 2.01. The summed E-state index contributed by atoms with van der Waals surface area (Å²) in [5.74, 6) is 0. The molecule has 0 aliphatic carbocycles. The van der Waals surface area contributed by atoms with E-state index in [0.29, 0.717) is 0 Å². The van der Waals surface area contributed by atoms with Crippen LogP contribution in [0.25, 0.3) is 0 Å². The molecule has 0 aliphatic heterocycles. The van der Waals surface area contributed by atoms with Crippen LogP contribution in [-0.4, -0.2) is 19.4 Å². The van der Waals surface area contributed by atoms with Gasteiger partial charge in [0.15, 0.2) is 0 Å². The van der Waals surface area contributed by atoms with Gasteiger partial charge in [-0.25, -0.2) is 0 Å². The molecule has 68 valence electrons. The summed E-state index contributed by atoms with van der Waals surface area (Å²) in [4.78, 5) is 0. The topological polar surface area (TPSA) is 9.23 Å². The van der Waals surface area contributed by atoms with E-state index in [1.54, 1.807) is 0 Å². The first-order chi connectivity index (χ1) is 5.31. The number of hydrogen-bond donors (Lipinski definition) is 0. The van der Waals surface area contributed by atoms with Crippen molar-refractivity contribution in [3.05, 3.63) is 0 Å². The van der Waals surface area contributed by atoms with Crippen LogP contribution in [0.3, 0.4) is 0 Å². The van der Waals surface area contributed by atoms with Gasteiger partial charge in [-0.15, -0.1) is 0 Å². The van der Waals surface area contributed by atoms with Gasteiger partial charge >= 0.3 is 0 Å². The molecule has 0 heterocycles. The van der Waals surface area contributed by atoms with Crippen molar-refractivity contribution in [1.82, 2.24) is 0 Å². The number of rotatable bonds is 7. The normalized spacial score (nSPS) is 13.4. The van der Waals surface area contributed by atoms with Crippen molar-refractivity contribution in [3.63, 3.8) is 0 Å². The first-order valence-corrected chi connectivity index (χ1v) is 6.54. The summed E-state index contributed by atoms with van der Waals surface area (Å²) in [6.45, 7) is 7.64. The lowest BCUT2D eigenvalue weighted by Crippen LogP contribution is -1.91. The second-order valence-corrected chi connectivity index (χ2v) is 4.85. The van der Waals surface area contributed by atoms with Gasteiger partial charge in [0.2, 0.25) is 0 Å². The molecule has 1 nitrogen and oxygen atoms in total. The quantitative estimate of drug-likeness (QED) is 0.425. The highest BCUT2D eigenvalue weighted by atomic mass is 31.1. The van der Waals surface area contributed by atoms with Crippen LogP contribution in [0.4, 0.5) is 0 Å². The van der Waals surface area contributed by atoms with E-state index in [0.717, 1.165) is 6.61 Å². The van der Waals surface area contributed by atoms with Crippen molar-refractivity contribution in [1.29, 1.82) is 0 Å². The van der Waals surface area contributed by atoms with Gasteiger partial charge < -0.3 is 4.52 Å². The first-order valence-electron chi connectivity index (χ1n) is 4.65. The molecule has 0 radical (unpaired) electrons. The van der Waals surface area contributed by atoms with Crippen LogP contribution in [-0.2, 0) is 4.52 Å². The molecule has 11 heavy (non-hydrogen) atoms. The van der Waals surface area contributed by atoms with Gasteiger partial charge in [-0.3, -0.25) is 0 Å². The molecule has 0 saturated heterocycles. The number of hydrogen-bond acceptors (Lipinski definition) is 1. The van der Waals surface area contributed by atoms with Crippen molar-refractivity contribution in [2.45, 2.75) is 39.5 Å². The lowest BCUT2D eigenvalue weighted by atomic mass is 10.4. The largest absolute Gasteiger partial charge is 0.360 e. The third-order valence-electron chi connectivity index (χ3n) is 1.64. The molecule has 0 aliphatic rings. The standard InChI is InChI=1S/C9H21OP/c1-4-6-8-10-11(3)9-7-5-2/h4-9H2,1-3H3. The van der Waals surface area contributed by atoms with Crippen molar-refractivity contribution >= 4 is 8.15 Å². The van der Waals surface area contributed by atoms with Gasteiger partial charge in [0.1, 0.15) is 0 Å². The Morgan fingerprint density at radius 2 is 1.73 bits per heavy atom. The predicted octanol–water partition coefficient (Wildman–Crippen LogP) is 3.63. The molecule has 0 spiro atoms. The van der Waals surface area contributed by atoms with Gasteiger partial charge in [-0.1, -0.05) is 26.7 Å². The van der Waals surface area contributed by atoms with Gasteiger partial charge in [0, 0.05) is 8.15 Å². The fourth-order valence-electron chi connectivity index (χ4n) is 0.810. The smallest absolute Gasteiger partial charge is 0.0508 e. The molecular formula is C9H21OP. The Labute approximate surface area is 72.4 Å². The molecule has 1 atom stereocenters. The summed E-state index contributed by atoms with van der Waals surface area (Å²) in [5, 5.41) is 0. The molecule has 0 amide bonds. The van der Waals surface area contributed by atoms with Crippen LogP contribution >= 0.6 is 8.15 Å². The Morgan fingerprint density at radius 3 is 2.27 bits per heavy atom. The molecule has 0 aromatic carbocycles. The summed E-state index contributed by atoms with van der Waals surface area (Å²) in [5.41, 5.74) is 0. The van der Waals surface area contributed by atoms with Crippen LogP contribution in [0.15, 0.2) is 0 Å². The van der Waals surface area contributed by atoms with E-state index in [-0.39, 0.29) is 8.15 Å². The third-order valence-corrected chi connectivity index (χ3v) is 3.21. The molecule has 2 heteroatoms. The molecule has 0 N–H and O–H groups in total. The maximum atomic E-state index is 5.65. The first kappa shape index (κ1) is 11.4. The van der Waals surface area contributed by atoms with Gasteiger partial charge in [-0.05, 0) is 25.7 Å². The SMILES string of the molecule is CCCCOP(C)CCCC. The minimum atomic E-state index is -0.0981. The molecule has 0 aromatic rings. The zero-order valence-electron chi connectivity index (χ0n) is 8.10. The van der Waals surface area contributed by atoms with Crippen LogP contribution in [0.1, 0.15) is 39.5 Å². The average molecular weight is 176 g/mol. The molecule has 0 rings (SSSR count). The molecule has 1 unspecified atom stereocenters. The van der Waals surface area contributed by atoms with E-state index < -0.39 is 0 Å². The van der Waals surface area contributed by atoms with Crippen LogP contribution < -0.4 is 0 Å². The Morgan fingerprint density at radius 1 is 1.09 bits per heavy atom. The van der Waals surface area contributed by atoms with E-state index >= 15 is 0 Å². The summed E-state index contributed by atoms with van der Waals surface area (Å²) in [7, 11) is -0.0981. The minimum absolute atomic E-state index is 0.0981. The number of unbranched alkanes of at least 4 members (excludes halogenated alkanes) is 2. The van der Waals surface area contributed by atoms with Crippen LogP contribution in [0, 0.1) is 0 Å². The molecule has 0 bridgehead atoms. The highest BCUT2D eigenvalue weighted by Gasteiger charge is 1.99. The predicted molar refractivity (Wildman–Crippen MR) is 53.5 cm³/mol. The maximum Gasteiger partial charge on any atom is 0.0508 e. The van der Waals surface area contributed by atoms with E-state index in [4.69, 9.17) is 4.52 Å². The lowest BCUT2D eigenvalue weighted by molar-refractivity contribution is 0.343. The zero-order chi connectivity index (χ0) is 8.53. The van der Waals surface area contributed by atoms with Gasteiger partial charge in [-0.2, -0.15) is 0 Å². The van der Waals surface area contributed by atoms with Crippen LogP contribution in [0.2, 0.25) is 0 Å². The summed E-state index contributed by atoms with van der Waals surface area (Å²) in [6, 6.07) is 0. The molecular weight excluding hydrogens is 155 g/mol. The summed E-state index contributed by atoms with van der Waals surface area (Å²) in [6.07, 6.45) is 6.38. The Kier molecular flexibility index (Phi) is 8.79. The third kappa shape index (κ3) is 8.29. The van der Waals surface area contributed by atoms with Crippen molar-refractivity contribution in [2.75, 3.05) is 19.4 Å². The summed E-state index contributed by atoms with van der Waals surface area (Å²) >= 11 is 0. The van der Waals surface area contributed by atoms with Crippen molar-refractivity contribution in [2.24, 2.45) is 0 Å². The Hall–Kier alpha value is 0.390. The minimum Gasteiger partial charge on any atom is -0.360 e.